The molecule has 0 saturated carbocycles. The Morgan fingerprint density at radius 3 is 0.625 bits per heavy atom. The van der Waals surface area contributed by atoms with Gasteiger partial charge in [-0.3, -0.25) is 14.6 Å². The third kappa shape index (κ3) is 11600. The van der Waals surface area contributed by atoms with Crippen LogP contribution in [0.15, 0.2) is 0 Å². The fourth-order valence-corrected chi connectivity index (χ4v) is 0. The summed E-state index contributed by atoms with van der Waals surface area (Å²) in [4.78, 5) is 0. The number of hydrogen-bond acceptors (Lipinski definition) is 6. The fraction of sp³-hybridized carbons (Fsp3) is 0. The van der Waals surface area contributed by atoms with Crippen LogP contribution in [0.2, 0.25) is 0 Å². The molecular weight excluding hydrogens is 118 g/mol. The maximum absolute atomic E-state index is 8.42. The molecule has 0 N–H and O–H groups in total. The van der Waals surface area contributed by atoms with Gasteiger partial charge in [-0.1, -0.05) is 0 Å². The average molecular weight is 124 g/mol. The van der Waals surface area contributed by atoms with Gasteiger partial charge in [0, 0.05) is 0 Å². The number of hydrogen-bond donors (Lipinski definition) is 0. The second-order valence-corrected chi connectivity index (χ2v) is 0.577. The van der Waals surface area contributed by atoms with Gasteiger partial charge in [0.15, 0.2) is 0 Å². The Bertz CT molecular complexity index is 35.8. The highest BCUT2D eigenvalue weighted by molar-refractivity contribution is 6.24. The van der Waals surface area contributed by atoms with Crippen molar-refractivity contribution < 1.29 is 38.7 Å². The summed E-state index contributed by atoms with van der Waals surface area (Å²) in [5.74, 6) is 0. The zero-order valence-corrected chi connectivity index (χ0v) is 3.60. The zero-order valence-electron chi connectivity index (χ0n) is 9.60. The van der Waals surface area contributed by atoms with Crippen LogP contribution in [0.3, 0.4) is 0 Å². The van der Waals surface area contributed by atoms with Gasteiger partial charge in [0.2, 0.25) is 0 Å². The Morgan fingerprint density at radius 1 is 0.625 bits per heavy atom. The lowest BCUT2D eigenvalue weighted by atomic mass is 10.3. The van der Waals surface area contributed by atoms with Crippen LogP contribution in [0, 0.1) is 0 Å². The van der Waals surface area contributed by atoms with Crippen molar-refractivity contribution in [3.8, 4) is 0 Å². The van der Waals surface area contributed by atoms with E-state index < -0.39 is 14.6 Å². The van der Waals surface area contributed by atoms with Gasteiger partial charge in [-0.15, -0.1) is 0 Å². The minimum Gasteiger partial charge on any atom is -0.907 e. The fourth-order valence-electron chi connectivity index (χ4n) is 0. The summed E-state index contributed by atoms with van der Waals surface area (Å²) in [6.07, 6.45) is 0. The minimum atomic E-state index is -2.92. The monoisotopic (exact) mass is 124 g/mol. The predicted octanol–water partition coefficient (Wildman–Crippen LogP) is -7.22. The standard InChI is InChI=1S/2BO3/c2*2-1(3)4/q2*-3/p+6. The van der Waals surface area contributed by atoms with Crippen LogP contribution in [-0.2, 0) is 0 Å². The third-order valence-electron chi connectivity index (χ3n) is 0. The molecule has 0 spiro atoms. The average Bonchev–Trinajstić information content (AvgIpc) is 1.25. The van der Waals surface area contributed by atoms with Crippen molar-refractivity contribution in [1.29, 1.82) is 0 Å². The molecule has 0 aromatic carbocycles. The van der Waals surface area contributed by atoms with Crippen molar-refractivity contribution in [2.45, 2.75) is 0 Å². The summed E-state index contributed by atoms with van der Waals surface area (Å²) in [5, 5.41) is 50.5. The van der Waals surface area contributed by atoms with Crippen LogP contribution >= 0.6 is 0 Å². The van der Waals surface area contributed by atoms with E-state index in [1.54, 1.807) is 0 Å². The van der Waals surface area contributed by atoms with Gasteiger partial charge in [-0.05, 0) is 0 Å². The summed E-state index contributed by atoms with van der Waals surface area (Å²) in [6, 6.07) is 0. The van der Waals surface area contributed by atoms with Crippen LogP contribution in [-0.4, -0.2) is 14.6 Å². The van der Waals surface area contributed by atoms with E-state index in [0.717, 1.165) is 0 Å². The van der Waals surface area contributed by atoms with E-state index in [2.05, 4.69) is 0 Å². The first-order valence-electron chi connectivity index (χ1n) is 1.41. The molecular formula is H6B2O6. The van der Waals surface area contributed by atoms with Gasteiger partial charge < -0.3 is 30.1 Å². The summed E-state index contributed by atoms with van der Waals surface area (Å²) in [5.41, 5.74) is 0. The summed E-state index contributed by atoms with van der Waals surface area (Å²) in [6.45, 7) is 0. The molecule has 6 nitrogen and oxygen atoms in total. The Balaban J connectivity index is -0.00000000600. The lowest BCUT2D eigenvalue weighted by molar-refractivity contribution is -0.481. The first-order valence-corrected chi connectivity index (χ1v) is 1.41. The van der Waals surface area contributed by atoms with Crippen LogP contribution in [0.5, 0.6) is 0 Å². The van der Waals surface area contributed by atoms with Crippen LogP contribution in [0.4, 0.5) is 0 Å². The molecule has 0 bridgehead atoms. The highest BCUT2D eigenvalue weighted by atomic mass is 16.5. The van der Waals surface area contributed by atoms with E-state index >= 15 is 0 Å². The Kier molecular flexibility index (Phi) is 9.30. The van der Waals surface area contributed by atoms with Gasteiger partial charge in [0.25, 0.3) is 0 Å². The van der Waals surface area contributed by atoms with Crippen molar-refractivity contribution in [3.05, 3.63) is 0 Å². The van der Waals surface area contributed by atoms with Gasteiger partial charge in [0.05, 0.1) is 0 Å². The molecule has 0 saturated heterocycles. The summed E-state index contributed by atoms with van der Waals surface area (Å²) < 4.78 is 0. The van der Waals surface area contributed by atoms with Crippen molar-refractivity contribution >= 4 is 14.6 Å². The second-order valence-electron chi connectivity index (χ2n) is 0.577. The molecule has 0 aromatic rings. The van der Waals surface area contributed by atoms with Gasteiger partial charge >= 0.3 is 8.56 Å². The van der Waals surface area contributed by atoms with E-state index in [0.29, 0.717) is 0 Å². The van der Waals surface area contributed by atoms with Gasteiger partial charge in [0.1, 0.15) is 0 Å². The first-order chi connectivity index (χ1) is 3.46. The lowest BCUT2D eigenvalue weighted by Gasteiger charge is -2.35. The molecule has 0 atom stereocenters. The molecule has 0 aliphatic heterocycles. The highest BCUT2D eigenvalue weighted by Crippen LogP contribution is 0.998. The van der Waals surface area contributed by atoms with Gasteiger partial charge in [-0.2, -0.15) is 0 Å². The minimum absolute atomic E-state index is 0. The first kappa shape index (κ1) is 10.8. The van der Waals surface area contributed by atoms with E-state index in [-0.39, 0.29) is 8.56 Å². The topological polar surface area (TPSA) is 138 Å². The third-order valence-corrected chi connectivity index (χ3v) is 0. The molecule has 0 heterocycles. The maximum atomic E-state index is 8.42. The largest absolute Gasteiger partial charge is 1.00 e. The summed E-state index contributed by atoms with van der Waals surface area (Å²) >= 11 is 0. The molecule has 0 aliphatic carbocycles. The summed E-state index contributed by atoms with van der Waals surface area (Å²) in [7, 11) is -5.83. The Hall–Kier alpha value is -0.110. The molecule has 0 rings (SSSR count). The molecule has 0 fully saturated rings. The molecule has 0 aromatic heterocycles. The smallest absolute Gasteiger partial charge is 0.907 e. The molecule has 0 amide bonds. The van der Waals surface area contributed by atoms with Crippen LogP contribution in [0.25, 0.3) is 0 Å². The maximum Gasteiger partial charge on any atom is 1.00 e. The van der Waals surface area contributed by atoms with Gasteiger partial charge in [-0.25, -0.2) is 0 Å². The van der Waals surface area contributed by atoms with E-state index in [4.69, 9.17) is 30.1 Å². The normalized spacial score (nSPS) is 6.75. The van der Waals surface area contributed by atoms with Crippen molar-refractivity contribution in [2.75, 3.05) is 0 Å². The molecule has 0 radical (unpaired) electrons. The van der Waals surface area contributed by atoms with Crippen molar-refractivity contribution in [1.82, 2.24) is 0 Å². The molecule has 8 heavy (non-hydrogen) atoms. The van der Waals surface area contributed by atoms with Crippen LogP contribution in [0.1, 0.15) is 8.56 Å². The molecule has 48 valence electrons. The van der Waals surface area contributed by atoms with Crippen molar-refractivity contribution in [2.24, 2.45) is 0 Å². The quantitative estimate of drug-likeness (QED) is 0.293. The Morgan fingerprint density at radius 2 is 0.625 bits per heavy atom. The van der Waals surface area contributed by atoms with E-state index in [1.165, 1.54) is 0 Å². The van der Waals surface area contributed by atoms with E-state index in [9.17, 15) is 0 Å². The zero-order chi connectivity index (χ0) is 7.15. The number of rotatable bonds is 0. The molecule has 0 aliphatic rings. The predicted molar refractivity (Wildman–Crippen MR) is 18.2 cm³/mol. The molecule has 8 heteroatoms. The Labute approximate surface area is 54.9 Å². The van der Waals surface area contributed by atoms with Crippen LogP contribution < -0.4 is 30.1 Å². The second kappa shape index (κ2) is 6.89. The SMILES string of the molecule is [H+].[H+].[H+].[H+].[H+].[H+].[O-]B([O-])[O-].[O-]B([O-])[O-]. The highest BCUT2D eigenvalue weighted by Gasteiger charge is 1.17. The van der Waals surface area contributed by atoms with E-state index in [1.807, 2.05) is 0 Å². The lowest BCUT2D eigenvalue weighted by Crippen LogP contribution is -2.56. The van der Waals surface area contributed by atoms with Crippen molar-refractivity contribution in [3.63, 3.8) is 0 Å². The molecule has 0 unspecified atom stereocenters.